The molecule has 1 atom stereocenters. The summed E-state index contributed by atoms with van der Waals surface area (Å²) >= 11 is 0. The number of urea groups is 1. The molecule has 0 aromatic heterocycles. The Bertz CT molecular complexity index is 488. The zero-order valence-corrected chi connectivity index (χ0v) is 9.98. The maximum Gasteiger partial charge on any atom is 0.322 e. The normalized spacial score (nSPS) is 27.6. The van der Waals surface area contributed by atoms with Gasteiger partial charge < -0.3 is 5.32 Å². The van der Waals surface area contributed by atoms with Gasteiger partial charge in [-0.15, -0.1) is 0 Å². The number of hydrogen-bond acceptors (Lipinski definition) is 3. The van der Waals surface area contributed by atoms with E-state index in [1.54, 1.807) is 0 Å². The van der Waals surface area contributed by atoms with Gasteiger partial charge in [0.05, 0.1) is 0 Å². The molecule has 2 saturated heterocycles. The summed E-state index contributed by atoms with van der Waals surface area (Å²) in [6.45, 7) is 2.22. The van der Waals surface area contributed by atoms with Crippen molar-refractivity contribution in [3.8, 4) is 0 Å². The molecule has 18 heavy (non-hydrogen) atoms. The molecular weight excluding hydrogens is 230 g/mol. The van der Waals surface area contributed by atoms with E-state index >= 15 is 0 Å². The number of carbonyl (C=O) groups excluding carboxylic acids is 2. The molecule has 2 aliphatic heterocycles. The van der Waals surface area contributed by atoms with E-state index in [0.717, 1.165) is 13.1 Å². The van der Waals surface area contributed by atoms with E-state index < -0.39 is 5.54 Å². The van der Waals surface area contributed by atoms with Crippen LogP contribution in [0.5, 0.6) is 0 Å². The van der Waals surface area contributed by atoms with Gasteiger partial charge in [0.25, 0.3) is 5.91 Å². The fourth-order valence-electron chi connectivity index (χ4n) is 2.68. The van der Waals surface area contributed by atoms with Gasteiger partial charge in [0.15, 0.2) is 0 Å². The highest BCUT2D eigenvalue weighted by Crippen LogP contribution is 2.25. The highest BCUT2D eigenvalue weighted by Gasteiger charge is 2.50. The lowest BCUT2D eigenvalue weighted by Crippen LogP contribution is -2.48. The molecular formula is C13H15N3O2. The first-order valence-corrected chi connectivity index (χ1v) is 6.08. The second-order valence-corrected chi connectivity index (χ2v) is 4.94. The lowest BCUT2D eigenvalue weighted by molar-refractivity contribution is -0.123. The molecule has 2 heterocycles. The van der Waals surface area contributed by atoms with Gasteiger partial charge in [-0.1, -0.05) is 30.3 Å². The number of benzene rings is 1. The molecule has 2 fully saturated rings. The third-order valence-electron chi connectivity index (χ3n) is 3.61. The van der Waals surface area contributed by atoms with E-state index in [1.165, 1.54) is 5.56 Å². The molecule has 1 aromatic rings. The van der Waals surface area contributed by atoms with Crippen LogP contribution in [-0.2, 0) is 11.3 Å². The van der Waals surface area contributed by atoms with Crippen LogP contribution in [0.25, 0.3) is 0 Å². The van der Waals surface area contributed by atoms with E-state index in [2.05, 4.69) is 27.7 Å². The maximum absolute atomic E-state index is 11.8. The molecule has 5 heteroatoms. The quantitative estimate of drug-likeness (QED) is 0.745. The highest BCUT2D eigenvalue weighted by atomic mass is 16.2. The summed E-state index contributed by atoms with van der Waals surface area (Å²) in [6, 6.07) is 9.76. The first-order valence-electron chi connectivity index (χ1n) is 6.08. The molecule has 1 spiro atoms. The van der Waals surface area contributed by atoms with Gasteiger partial charge in [-0.05, 0) is 12.0 Å². The SMILES string of the molecule is O=C1NC(=O)[C@@]2(CCN(Cc3ccccc3)C2)N1. The lowest BCUT2D eigenvalue weighted by Gasteiger charge is -2.21. The van der Waals surface area contributed by atoms with E-state index in [-0.39, 0.29) is 11.9 Å². The number of hydrogen-bond donors (Lipinski definition) is 2. The zero-order chi connectivity index (χ0) is 12.6. The molecule has 5 nitrogen and oxygen atoms in total. The standard InChI is InChI=1S/C13H15N3O2/c17-11-13(15-12(18)14-11)6-7-16(9-13)8-10-4-2-1-3-5-10/h1-5H,6-9H2,(H2,14,15,17,18)/t13-/m0/s1. The average Bonchev–Trinajstić information content (AvgIpc) is 2.86. The second kappa shape index (κ2) is 4.10. The predicted octanol–water partition coefficient (Wildman–Crippen LogP) is 0.470. The Labute approximate surface area is 105 Å². The van der Waals surface area contributed by atoms with E-state index in [9.17, 15) is 9.59 Å². The molecule has 1 aromatic carbocycles. The Balaban J connectivity index is 1.69. The summed E-state index contributed by atoms with van der Waals surface area (Å²) in [5, 5.41) is 5.07. The Morgan fingerprint density at radius 2 is 2.00 bits per heavy atom. The first-order chi connectivity index (χ1) is 8.68. The van der Waals surface area contributed by atoms with Crippen LogP contribution < -0.4 is 10.6 Å². The van der Waals surface area contributed by atoms with Crippen LogP contribution in [0.2, 0.25) is 0 Å². The fraction of sp³-hybridized carbons (Fsp3) is 0.385. The second-order valence-electron chi connectivity index (χ2n) is 4.94. The number of likely N-dealkylation sites (tertiary alicyclic amines) is 1. The number of carbonyl (C=O) groups is 2. The molecule has 0 saturated carbocycles. The van der Waals surface area contributed by atoms with Crippen molar-refractivity contribution in [1.29, 1.82) is 0 Å². The van der Waals surface area contributed by atoms with E-state index in [1.807, 2.05) is 18.2 Å². The van der Waals surface area contributed by atoms with Crippen LogP contribution in [0, 0.1) is 0 Å². The monoisotopic (exact) mass is 245 g/mol. The van der Waals surface area contributed by atoms with Gasteiger partial charge in [-0.3, -0.25) is 15.0 Å². The molecule has 0 bridgehead atoms. The number of rotatable bonds is 2. The van der Waals surface area contributed by atoms with Crippen molar-refractivity contribution in [3.63, 3.8) is 0 Å². The van der Waals surface area contributed by atoms with Crippen molar-refractivity contribution in [2.45, 2.75) is 18.5 Å². The first kappa shape index (κ1) is 11.2. The highest BCUT2D eigenvalue weighted by molar-refractivity contribution is 6.07. The summed E-state index contributed by atoms with van der Waals surface area (Å²) in [4.78, 5) is 25.2. The van der Waals surface area contributed by atoms with Crippen molar-refractivity contribution >= 4 is 11.9 Å². The van der Waals surface area contributed by atoms with Crippen molar-refractivity contribution in [2.24, 2.45) is 0 Å². The van der Waals surface area contributed by atoms with Gasteiger partial charge in [0, 0.05) is 19.6 Å². The Morgan fingerprint density at radius 1 is 1.22 bits per heavy atom. The summed E-state index contributed by atoms with van der Waals surface area (Å²) in [6.07, 6.45) is 0.678. The van der Waals surface area contributed by atoms with Crippen LogP contribution in [0.15, 0.2) is 30.3 Å². The Hall–Kier alpha value is -1.88. The Morgan fingerprint density at radius 3 is 2.67 bits per heavy atom. The molecule has 0 radical (unpaired) electrons. The number of imide groups is 1. The van der Waals surface area contributed by atoms with Crippen LogP contribution in [0.4, 0.5) is 4.79 Å². The summed E-state index contributed by atoms with van der Waals surface area (Å²) in [7, 11) is 0. The molecule has 94 valence electrons. The van der Waals surface area contributed by atoms with Gasteiger partial charge in [0.1, 0.15) is 5.54 Å². The molecule has 2 N–H and O–H groups in total. The molecule has 0 aliphatic carbocycles. The molecule has 0 unspecified atom stereocenters. The minimum absolute atomic E-state index is 0.192. The van der Waals surface area contributed by atoms with Crippen molar-refractivity contribution in [3.05, 3.63) is 35.9 Å². The molecule has 3 amide bonds. The average molecular weight is 245 g/mol. The smallest absolute Gasteiger partial charge is 0.322 e. The van der Waals surface area contributed by atoms with Crippen molar-refractivity contribution < 1.29 is 9.59 Å². The van der Waals surface area contributed by atoms with Crippen LogP contribution in [0.3, 0.4) is 0 Å². The third kappa shape index (κ3) is 1.86. The maximum atomic E-state index is 11.8. The van der Waals surface area contributed by atoms with Crippen molar-refractivity contribution in [1.82, 2.24) is 15.5 Å². The molecule has 3 rings (SSSR count). The van der Waals surface area contributed by atoms with Gasteiger partial charge in [0.2, 0.25) is 0 Å². The predicted molar refractivity (Wildman–Crippen MR) is 65.7 cm³/mol. The number of nitrogens with zero attached hydrogens (tertiary/aromatic N) is 1. The summed E-state index contributed by atoms with van der Waals surface area (Å²) < 4.78 is 0. The van der Waals surface area contributed by atoms with Gasteiger partial charge >= 0.3 is 6.03 Å². The minimum atomic E-state index is -0.703. The molecule has 2 aliphatic rings. The van der Waals surface area contributed by atoms with E-state index in [4.69, 9.17) is 0 Å². The summed E-state index contributed by atoms with van der Waals surface area (Å²) in [5.74, 6) is -0.192. The largest absolute Gasteiger partial charge is 0.322 e. The van der Waals surface area contributed by atoms with E-state index in [0.29, 0.717) is 13.0 Å². The van der Waals surface area contributed by atoms with Crippen LogP contribution in [0.1, 0.15) is 12.0 Å². The zero-order valence-electron chi connectivity index (χ0n) is 9.98. The summed E-state index contributed by atoms with van der Waals surface area (Å²) in [5.41, 5.74) is 0.519. The van der Waals surface area contributed by atoms with Gasteiger partial charge in [-0.25, -0.2) is 4.79 Å². The lowest BCUT2D eigenvalue weighted by atomic mass is 9.99. The van der Waals surface area contributed by atoms with Gasteiger partial charge in [-0.2, -0.15) is 0 Å². The van der Waals surface area contributed by atoms with Crippen LogP contribution in [-0.4, -0.2) is 35.5 Å². The minimum Gasteiger partial charge on any atom is -0.322 e. The van der Waals surface area contributed by atoms with Crippen molar-refractivity contribution in [2.75, 3.05) is 13.1 Å². The Kier molecular flexibility index (Phi) is 2.56. The fourth-order valence-corrected chi connectivity index (χ4v) is 2.68. The third-order valence-corrected chi connectivity index (χ3v) is 3.61. The topological polar surface area (TPSA) is 61.4 Å². The number of amides is 3. The van der Waals surface area contributed by atoms with Crippen LogP contribution >= 0.6 is 0 Å². The number of nitrogens with one attached hydrogen (secondary N) is 2.